The van der Waals surface area contributed by atoms with E-state index in [0.29, 0.717) is 5.75 Å². The fourth-order valence-electron chi connectivity index (χ4n) is 1.16. The number of benzene rings is 1. The second-order valence-corrected chi connectivity index (χ2v) is 11.2. The van der Waals surface area contributed by atoms with Crippen molar-refractivity contribution in [1.29, 1.82) is 0 Å². The fraction of sp³-hybridized carbons (Fsp3) is 0.357. The lowest BCUT2D eigenvalue weighted by Crippen LogP contribution is -2.38. The van der Waals surface area contributed by atoms with E-state index in [1.807, 2.05) is 24.3 Å². The third kappa shape index (κ3) is 6.48. The van der Waals surface area contributed by atoms with E-state index in [9.17, 15) is 4.79 Å². The van der Waals surface area contributed by atoms with E-state index in [1.165, 1.54) is 11.8 Å². The molecule has 0 heterocycles. The maximum atomic E-state index is 10.8. The van der Waals surface area contributed by atoms with Gasteiger partial charge in [-0.3, -0.25) is 4.79 Å². The first kappa shape index (κ1) is 15.8. The van der Waals surface area contributed by atoms with E-state index in [4.69, 9.17) is 11.5 Å². The monoisotopic (exact) mass is 292 g/mol. The summed E-state index contributed by atoms with van der Waals surface area (Å²) >= 11 is 1.52. The summed E-state index contributed by atoms with van der Waals surface area (Å²) in [6, 6.07) is 7.37. The molecule has 1 aromatic rings. The number of thioether (sulfide) groups is 1. The van der Waals surface area contributed by atoms with Crippen LogP contribution in [-0.2, 0) is 4.79 Å². The molecule has 0 saturated heterocycles. The fourth-order valence-corrected chi connectivity index (χ4v) is 2.55. The number of carbonyl (C=O) groups is 1. The summed E-state index contributed by atoms with van der Waals surface area (Å²) in [5.74, 6) is 3.23. The number of rotatable bonds is 4. The summed E-state index contributed by atoms with van der Waals surface area (Å²) in [6.07, 6.45) is 0. The molecule has 1 amide bonds. The van der Waals surface area contributed by atoms with Gasteiger partial charge in [0, 0.05) is 16.2 Å². The van der Waals surface area contributed by atoms with Crippen molar-refractivity contribution in [2.24, 2.45) is 11.5 Å². The second kappa shape index (κ2) is 6.80. The van der Waals surface area contributed by atoms with Crippen LogP contribution in [0.3, 0.4) is 0 Å². The molecule has 0 radical (unpaired) electrons. The van der Waals surface area contributed by atoms with Crippen LogP contribution in [0.15, 0.2) is 29.2 Å². The van der Waals surface area contributed by atoms with Crippen molar-refractivity contribution in [3.8, 4) is 11.5 Å². The molecule has 102 valence electrons. The Morgan fingerprint density at radius 2 is 1.89 bits per heavy atom. The molecule has 0 fully saturated rings. The summed E-state index contributed by atoms with van der Waals surface area (Å²) in [6.45, 7) is 6.65. The summed E-state index contributed by atoms with van der Waals surface area (Å²) < 4.78 is 0. The normalized spacial score (nSPS) is 12.4. The van der Waals surface area contributed by atoms with Gasteiger partial charge in [-0.05, 0) is 24.3 Å². The van der Waals surface area contributed by atoms with Gasteiger partial charge in [0.05, 0.1) is 6.04 Å². The molecule has 0 spiro atoms. The summed E-state index contributed by atoms with van der Waals surface area (Å²) in [7, 11) is -1.33. The molecular weight excluding hydrogens is 272 g/mol. The van der Waals surface area contributed by atoms with Crippen LogP contribution < -0.4 is 11.5 Å². The van der Waals surface area contributed by atoms with Crippen molar-refractivity contribution in [3.05, 3.63) is 29.8 Å². The molecule has 3 nitrogen and oxygen atoms in total. The third-order valence-electron chi connectivity index (χ3n) is 2.23. The number of primary amides is 1. The molecule has 4 N–H and O–H groups in total. The molecule has 0 unspecified atom stereocenters. The molecule has 0 bridgehead atoms. The minimum Gasteiger partial charge on any atom is -0.368 e. The summed E-state index contributed by atoms with van der Waals surface area (Å²) in [4.78, 5) is 11.9. The average molecular weight is 292 g/mol. The van der Waals surface area contributed by atoms with Crippen LogP contribution in [0.1, 0.15) is 5.56 Å². The maximum Gasteiger partial charge on any atom is 0.235 e. The van der Waals surface area contributed by atoms with Gasteiger partial charge in [-0.25, -0.2) is 0 Å². The molecule has 1 rings (SSSR count). The van der Waals surface area contributed by atoms with E-state index in [1.54, 1.807) is 0 Å². The largest absolute Gasteiger partial charge is 0.368 e. The number of nitrogens with two attached hydrogens (primary N) is 2. The van der Waals surface area contributed by atoms with Gasteiger partial charge in [-0.15, -0.1) is 17.3 Å². The van der Waals surface area contributed by atoms with Gasteiger partial charge in [-0.1, -0.05) is 25.6 Å². The number of carbonyl (C=O) groups excluding carboxylic acids is 1. The van der Waals surface area contributed by atoms with Crippen LogP contribution in [0.5, 0.6) is 0 Å². The van der Waals surface area contributed by atoms with Gasteiger partial charge in [-0.2, -0.15) is 0 Å². The Hall–Kier alpha value is -1.22. The highest BCUT2D eigenvalue weighted by molar-refractivity contribution is 7.99. The molecular formula is C14H20N2OSSi. The van der Waals surface area contributed by atoms with E-state index in [-0.39, 0.29) is 0 Å². The first-order valence-electron chi connectivity index (χ1n) is 6.09. The van der Waals surface area contributed by atoms with Crippen LogP contribution in [0.25, 0.3) is 0 Å². The summed E-state index contributed by atoms with van der Waals surface area (Å²) in [5.41, 5.74) is 15.0. The van der Waals surface area contributed by atoms with Gasteiger partial charge in [0.15, 0.2) is 0 Å². The number of amides is 1. The van der Waals surface area contributed by atoms with E-state index < -0.39 is 20.0 Å². The van der Waals surface area contributed by atoms with Gasteiger partial charge in [0.2, 0.25) is 5.91 Å². The van der Waals surface area contributed by atoms with Gasteiger partial charge in [0.25, 0.3) is 0 Å². The minimum atomic E-state index is -1.33. The number of hydrogen-bond donors (Lipinski definition) is 2. The van der Waals surface area contributed by atoms with Crippen molar-refractivity contribution < 1.29 is 4.79 Å². The number of hydrogen-bond acceptors (Lipinski definition) is 3. The lowest BCUT2D eigenvalue weighted by molar-refractivity contribution is -0.118. The lowest BCUT2D eigenvalue weighted by Gasteiger charge is -2.07. The smallest absolute Gasteiger partial charge is 0.235 e. The topological polar surface area (TPSA) is 69.1 Å². The van der Waals surface area contributed by atoms with E-state index in [2.05, 4.69) is 31.1 Å². The first-order chi connectivity index (χ1) is 8.78. The molecule has 1 aromatic carbocycles. The molecule has 1 atom stereocenters. The third-order valence-corrected chi connectivity index (χ3v) is 4.24. The predicted octanol–water partition coefficient (Wildman–Crippen LogP) is 1.82. The van der Waals surface area contributed by atoms with Crippen LogP contribution in [0, 0.1) is 11.5 Å². The zero-order chi connectivity index (χ0) is 14.5. The van der Waals surface area contributed by atoms with Crippen LogP contribution >= 0.6 is 11.8 Å². The Kier molecular flexibility index (Phi) is 5.67. The quantitative estimate of drug-likeness (QED) is 0.505. The highest BCUT2D eigenvalue weighted by Gasteiger charge is 2.09. The van der Waals surface area contributed by atoms with E-state index >= 15 is 0 Å². The van der Waals surface area contributed by atoms with Gasteiger partial charge >= 0.3 is 0 Å². The van der Waals surface area contributed by atoms with Crippen molar-refractivity contribution in [2.45, 2.75) is 30.6 Å². The zero-order valence-corrected chi connectivity index (χ0v) is 13.4. The molecule has 0 aliphatic rings. The van der Waals surface area contributed by atoms with Crippen molar-refractivity contribution in [1.82, 2.24) is 0 Å². The Morgan fingerprint density at radius 3 is 2.37 bits per heavy atom. The van der Waals surface area contributed by atoms with Crippen LogP contribution in [0.4, 0.5) is 0 Å². The Morgan fingerprint density at radius 1 is 1.32 bits per heavy atom. The van der Waals surface area contributed by atoms with Crippen molar-refractivity contribution in [2.75, 3.05) is 5.75 Å². The SMILES string of the molecule is C[Si](C)(C)C#Cc1ccc(SC[C@H](N)C(N)=O)cc1. The molecule has 0 aromatic heterocycles. The lowest BCUT2D eigenvalue weighted by atomic mass is 10.2. The predicted molar refractivity (Wildman–Crippen MR) is 84.6 cm³/mol. The molecule has 0 aliphatic heterocycles. The highest BCUT2D eigenvalue weighted by Crippen LogP contribution is 2.18. The van der Waals surface area contributed by atoms with Crippen LogP contribution in [0.2, 0.25) is 19.6 Å². The van der Waals surface area contributed by atoms with Crippen LogP contribution in [-0.4, -0.2) is 25.8 Å². The Bertz CT molecular complexity index is 497. The zero-order valence-electron chi connectivity index (χ0n) is 11.6. The maximum absolute atomic E-state index is 10.8. The van der Waals surface area contributed by atoms with Crippen molar-refractivity contribution in [3.63, 3.8) is 0 Å². The molecule has 0 aliphatic carbocycles. The Labute approximate surface area is 120 Å². The van der Waals surface area contributed by atoms with Gasteiger partial charge < -0.3 is 11.5 Å². The first-order valence-corrected chi connectivity index (χ1v) is 10.6. The molecule has 19 heavy (non-hydrogen) atoms. The van der Waals surface area contributed by atoms with E-state index in [0.717, 1.165) is 10.5 Å². The standard InChI is InChI=1S/C14H20N2OSSi/c1-19(2,3)9-8-11-4-6-12(7-5-11)18-10-13(15)14(16)17/h4-7,13H,10,15H2,1-3H3,(H2,16,17)/t13-/m0/s1. The highest BCUT2D eigenvalue weighted by atomic mass is 32.2. The van der Waals surface area contributed by atoms with Gasteiger partial charge in [0.1, 0.15) is 8.07 Å². The van der Waals surface area contributed by atoms with Crippen molar-refractivity contribution >= 4 is 25.7 Å². The molecule has 5 heteroatoms. The Balaban J connectivity index is 2.61. The summed E-state index contributed by atoms with van der Waals surface area (Å²) in [5, 5.41) is 0. The average Bonchev–Trinajstić information content (AvgIpc) is 2.33. The second-order valence-electron chi connectivity index (χ2n) is 5.34. The minimum absolute atomic E-state index is 0.467. The molecule has 0 saturated carbocycles.